The maximum atomic E-state index is 11.1. The lowest BCUT2D eigenvalue weighted by Gasteiger charge is -2.30. The van der Waals surface area contributed by atoms with E-state index in [9.17, 15) is 4.79 Å². The maximum absolute atomic E-state index is 11.1. The molecule has 0 spiro atoms. The number of hydrogen-bond donors (Lipinski definition) is 2. The van der Waals surface area contributed by atoms with E-state index in [2.05, 4.69) is 17.2 Å². The van der Waals surface area contributed by atoms with Crippen molar-refractivity contribution in [2.45, 2.75) is 51.5 Å². The summed E-state index contributed by atoms with van der Waals surface area (Å²) in [5, 5.41) is 12.7. The SMILES string of the molecule is CCC(Nc1cc(C(=O)O)c(Cl)cn1)C1CCCCC1. The monoisotopic (exact) mass is 296 g/mol. The van der Waals surface area contributed by atoms with Gasteiger partial charge < -0.3 is 10.4 Å². The lowest BCUT2D eigenvalue weighted by atomic mass is 9.83. The van der Waals surface area contributed by atoms with Crippen LogP contribution >= 0.6 is 11.6 Å². The number of carboxylic acids is 1. The largest absolute Gasteiger partial charge is 0.478 e. The number of carbonyl (C=O) groups is 1. The highest BCUT2D eigenvalue weighted by Gasteiger charge is 2.23. The van der Waals surface area contributed by atoms with Crippen LogP contribution < -0.4 is 5.32 Å². The molecule has 0 aliphatic heterocycles. The Balaban J connectivity index is 2.10. The van der Waals surface area contributed by atoms with Gasteiger partial charge in [-0.3, -0.25) is 0 Å². The smallest absolute Gasteiger partial charge is 0.337 e. The van der Waals surface area contributed by atoms with Crippen LogP contribution in [0.4, 0.5) is 5.82 Å². The van der Waals surface area contributed by atoms with Gasteiger partial charge in [-0.05, 0) is 31.2 Å². The Kier molecular flexibility index (Phi) is 5.24. The van der Waals surface area contributed by atoms with E-state index in [0.717, 1.165) is 6.42 Å². The first-order valence-electron chi connectivity index (χ1n) is 7.27. The third-order valence-electron chi connectivity index (χ3n) is 4.08. The molecule has 1 aliphatic carbocycles. The Morgan fingerprint density at radius 3 is 2.80 bits per heavy atom. The maximum Gasteiger partial charge on any atom is 0.337 e. The molecule has 0 bridgehead atoms. The number of aromatic nitrogens is 1. The third-order valence-corrected chi connectivity index (χ3v) is 4.38. The quantitative estimate of drug-likeness (QED) is 0.854. The number of hydrogen-bond acceptors (Lipinski definition) is 3. The van der Waals surface area contributed by atoms with Crippen LogP contribution in [-0.4, -0.2) is 22.1 Å². The van der Waals surface area contributed by atoms with Crippen molar-refractivity contribution in [3.63, 3.8) is 0 Å². The Morgan fingerprint density at radius 2 is 2.20 bits per heavy atom. The molecule has 0 radical (unpaired) electrons. The average Bonchev–Trinajstić information content (AvgIpc) is 2.47. The van der Waals surface area contributed by atoms with Crippen molar-refractivity contribution >= 4 is 23.4 Å². The predicted octanol–water partition coefficient (Wildman–Crippen LogP) is 4.20. The van der Waals surface area contributed by atoms with Crippen LogP contribution in [0.15, 0.2) is 12.3 Å². The van der Waals surface area contributed by atoms with Crippen molar-refractivity contribution < 1.29 is 9.90 Å². The first-order valence-corrected chi connectivity index (χ1v) is 7.65. The number of halogens is 1. The molecule has 0 aromatic carbocycles. The van der Waals surface area contributed by atoms with E-state index in [4.69, 9.17) is 16.7 Å². The fourth-order valence-electron chi connectivity index (χ4n) is 2.96. The number of rotatable bonds is 5. The summed E-state index contributed by atoms with van der Waals surface area (Å²) in [4.78, 5) is 15.3. The molecule has 0 saturated heterocycles. The Labute approximate surface area is 124 Å². The van der Waals surface area contributed by atoms with E-state index >= 15 is 0 Å². The zero-order valence-corrected chi connectivity index (χ0v) is 12.5. The lowest BCUT2D eigenvalue weighted by molar-refractivity contribution is 0.0697. The minimum Gasteiger partial charge on any atom is -0.478 e. The highest BCUT2D eigenvalue weighted by Crippen LogP contribution is 2.29. The summed E-state index contributed by atoms with van der Waals surface area (Å²) in [7, 11) is 0. The van der Waals surface area contributed by atoms with Crippen LogP contribution in [0.25, 0.3) is 0 Å². The molecule has 1 fully saturated rings. The molecule has 5 heteroatoms. The van der Waals surface area contributed by atoms with Crippen LogP contribution in [-0.2, 0) is 0 Å². The van der Waals surface area contributed by atoms with Gasteiger partial charge in [0.2, 0.25) is 0 Å². The Bertz CT molecular complexity index is 473. The summed E-state index contributed by atoms with van der Waals surface area (Å²) in [6, 6.07) is 1.88. The molecular weight excluding hydrogens is 276 g/mol. The van der Waals surface area contributed by atoms with Crippen LogP contribution in [0, 0.1) is 5.92 Å². The molecule has 110 valence electrons. The number of nitrogens with one attached hydrogen (secondary N) is 1. The van der Waals surface area contributed by atoms with Gasteiger partial charge in [-0.25, -0.2) is 9.78 Å². The van der Waals surface area contributed by atoms with Gasteiger partial charge in [0, 0.05) is 12.2 Å². The second-order valence-electron chi connectivity index (χ2n) is 5.41. The van der Waals surface area contributed by atoms with Gasteiger partial charge >= 0.3 is 5.97 Å². The highest BCUT2D eigenvalue weighted by molar-refractivity contribution is 6.33. The van der Waals surface area contributed by atoms with Gasteiger partial charge in [0.05, 0.1) is 10.6 Å². The molecule has 1 unspecified atom stereocenters. The summed E-state index contributed by atoms with van der Waals surface area (Å²) < 4.78 is 0. The molecule has 2 rings (SSSR count). The second kappa shape index (κ2) is 6.93. The highest BCUT2D eigenvalue weighted by atomic mass is 35.5. The molecule has 4 nitrogen and oxygen atoms in total. The molecule has 0 amide bonds. The van der Waals surface area contributed by atoms with Crippen LogP contribution in [0.5, 0.6) is 0 Å². The molecule has 20 heavy (non-hydrogen) atoms. The minimum absolute atomic E-state index is 0.0997. The van der Waals surface area contributed by atoms with Gasteiger partial charge in [-0.1, -0.05) is 37.8 Å². The molecule has 1 aromatic heterocycles. The van der Waals surface area contributed by atoms with Crippen molar-refractivity contribution in [2.75, 3.05) is 5.32 Å². The fourth-order valence-corrected chi connectivity index (χ4v) is 3.15. The average molecular weight is 297 g/mol. The fraction of sp³-hybridized carbons (Fsp3) is 0.600. The van der Waals surface area contributed by atoms with Gasteiger partial charge in [-0.15, -0.1) is 0 Å². The van der Waals surface area contributed by atoms with Crippen molar-refractivity contribution in [3.05, 3.63) is 22.8 Å². The van der Waals surface area contributed by atoms with E-state index in [1.807, 2.05) is 0 Å². The summed E-state index contributed by atoms with van der Waals surface area (Å²) in [6.45, 7) is 2.15. The number of anilines is 1. The van der Waals surface area contributed by atoms with E-state index in [-0.39, 0.29) is 10.6 Å². The van der Waals surface area contributed by atoms with Crippen molar-refractivity contribution in [3.8, 4) is 0 Å². The van der Waals surface area contributed by atoms with E-state index in [0.29, 0.717) is 17.8 Å². The number of nitrogens with zero attached hydrogens (tertiary/aromatic N) is 1. The predicted molar refractivity (Wildman–Crippen MR) is 80.5 cm³/mol. The topological polar surface area (TPSA) is 62.2 Å². The van der Waals surface area contributed by atoms with Crippen LogP contribution in [0.1, 0.15) is 55.8 Å². The molecule has 1 aromatic rings. The first-order chi connectivity index (χ1) is 9.61. The summed E-state index contributed by atoms with van der Waals surface area (Å²) in [5.41, 5.74) is 0.0997. The second-order valence-corrected chi connectivity index (χ2v) is 5.82. The standard InChI is InChI=1S/C15H21ClN2O2/c1-2-13(10-6-4-3-5-7-10)18-14-8-11(15(19)20)12(16)9-17-14/h8-10,13H,2-7H2,1H3,(H,17,18)(H,19,20). The van der Waals surface area contributed by atoms with Gasteiger partial charge in [-0.2, -0.15) is 0 Å². The number of aromatic carboxylic acids is 1. The molecule has 2 N–H and O–H groups in total. The summed E-state index contributed by atoms with van der Waals surface area (Å²) >= 11 is 5.84. The zero-order chi connectivity index (χ0) is 14.5. The summed E-state index contributed by atoms with van der Waals surface area (Å²) in [5.74, 6) is 0.231. The molecule has 1 heterocycles. The van der Waals surface area contributed by atoms with Crippen LogP contribution in [0.2, 0.25) is 5.02 Å². The molecule has 1 aliphatic rings. The van der Waals surface area contributed by atoms with Gasteiger partial charge in [0.15, 0.2) is 0 Å². The number of pyridine rings is 1. The van der Waals surface area contributed by atoms with Gasteiger partial charge in [0.25, 0.3) is 0 Å². The van der Waals surface area contributed by atoms with E-state index in [1.54, 1.807) is 0 Å². The summed E-state index contributed by atoms with van der Waals surface area (Å²) in [6.07, 6.45) is 8.80. The minimum atomic E-state index is -1.02. The lowest BCUT2D eigenvalue weighted by Crippen LogP contribution is -2.30. The normalized spacial score (nSPS) is 17.7. The first kappa shape index (κ1) is 15.1. The Hall–Kier alpha value is -1.29. The zero-order valence-electron chi connectivity index (χ0n) is 11.7. The van der Waals surface area contributed by atoms with Crippen molar-refractivity contribution in [1.29, 1.82) is 0 Å². The van der Waals surface area contributed by atoms with Crippen molar-refractivity contribution in [1.82, 2.24) is 4.98 Å². The third kappa shape index (κ3) is 3.63. The van der Waals surface area contributed by atoms with Gasteiger partial charge in [0.1, 0.15) is 5.82 Å². The van der Waals surface area contributed by atoms with Crippen molar-refractivity contribution in [2.24, 2.45) is 5.92 Å². The van der Waals surface area contributed by atoms with E-state index < -0.39 is 5.97 Å². The van der Waals surface area contributed by atoms with E-state index in [1.165, 1.54) is 44.4 Å². The number of carboxylic acid groups (broad SMARTS) is 1. The molecule has 1 saturated carbocycles. The Morgan fingerprint density at radius 1 is 1.50 bits per heavy atom. The molecule has 1 atom stereocenters. The van der Waals surface area contributed by atoms with Crippen LogP contribution in [0.3, 0.4) is 0 Å². The molecular formula is C15H21ClN2O2.